The Morgan fingerprint density at radius 1 is 1.30 bits per heavy atom. The Morgan fingerprint density at radius 3 is 2.80 bits per heavy atom. The molecule has 4 nitrogen and oxygen atoms in total. The highest BCUT2D eigenvalue weighted by Crippen LogP contribution is 2.19. The van der Waals surface area contributed by atoms with Gasteiger partial charge in [-0.15, -0.1) is 0 Å². The summed E-state index contributed by atoms with van der Waals surface area (Å²) in [6.07, 6.45) is 3.68. The number of benzene rings is 1. The smallest absolute Gasteiger partial charge is 0.174 e. The molecule has 1 saturated heterocycles. The number of ether oxygens (including phenoxy) is 1. The normalized spacial score (nSPS) is 19.9. The van der Waals surface area contributed by atoms with Crippen molar-refractivity contribution in [1.82, 2.24) is 4.90 Å². The van der Waals surface area contributed by atoms with Crippen LogP contribution in [0, 0.1) is 11.3 Å². The van der Waals surface area contributed by atoms with Crippen LogP contribution in [0.1, 0.15) is 26.2 Å². The third-order valence-corrected chi connectivity index (χ3v) is 3.80. The zero-order valence-electron chi connectivity index (χ0n) is 12.1. The predicted octanol–water partition coefficient (Wildman–Crippen LogP) is 2.88. The molecule has 1 aliphatic rings. The van der Waals surface area contributed by atoms with Gasteiger partial charge >= 0.3 is 0 Å². The lowest BCUT2D eigenvalue weighted by molar-refractivity contribution is 0.300. The maximum absolute atomic E-state index is 8.48. The number of anilines is 1. The standard InChI is InChI=1S/C16H23N3O/c1-2-19-11-3-4-14(9-12-19)18-15-5-7-16(8-6-15)20-13-10-17/h5-8,14,18H,2-4,9,11-13H2,1H3. The Balaban J connectivity index is 1.85. The van der Waals surface area contributed by atoms with Crippen molar-refractivity contribution in [2.24, 2.45) is 0 Å². The first kappa shape index (κ1) is 14.7. The average Bonchev–Trinajstić information content (AvgIpc) is 2.72. The first-order chi connectivity index (χ1) is 9.81. The molecule has 1 heterocycles. The molecule has 1 N–H and O–H groups in total. The molecule has 20 heavy (non-hydrogen) atoms. The molecule has 1 fully saturated rings. The van der Waals surface area contributed by atoms with Crippen LogP contribution in [0.2, 0.25) is 0 Å². The fourth-order valence-corrected chi connectivity index (χ4v) is 2.62. The van der Waals surface area contributed by atoms with Crippen LogP contribution in [0.5, 0.6) is 5.75 Å². The molecule has 0 bridgehead atoms. The van der Waals surface area contributed by atoms with E-state index in [1.54, 1.807) is 0 Å². The Labute approximate surface area is 121 Å². The number of hydrogen-bond acceptors (Lipinski definition) is 4. The van der Waals surface area contributed by atoms with Gasteiger partial charge < -0.3 is 15.0 Å². The van der Waals surface area contributed by atoms with Crippen molar-refractivity contribution in [3.63, 3.8) is 0 Å². The Hall–Kier alpha value is -1.73. The molecule has 0 saturated carbocycles. The van der Waals surface area contributed by atoms with E-state index in [4.69, 9.17) is 10.00 Å². The second-order valence-electron chi connectivity index (χ2n) is 5.18. The second-order valence-corrected chi connectivity index (χ2v) is 5.18. The molecule has 1 aliphatic heterocycles. The van der Waals surface area contributed by atoms with E-state index < -0.39 is 0 Å². The van der Waals surface area contributed by atoms with Crippen molar-refractivity contribution in [3.05, 3.63) is 24.3 Å². The van der Waals surface area contributed by atoms with Gasteiger partial charge in [0, 0.05) is 18.3 Å². The molecule has 4 heteroatoms. The van der Waals surface area contributed by atoms with E-state index in [1.165, 1.54) is 32.4 Å². The lowest BCUT2D eigenvalue weighted by Gasteiger charge is -2.19. The molecule has 1 atom stereocenters. The van der Waals surface area contributed by atoms with Crippen LogP contribution in [-0.4, -0.2) is 37.2 Å². The number of nitrogens with zero attached hydrogens (tertiary/aromatic N) is 2. The van der Waals surface area contributed by atoms with Crippen molar-refractivity contribution in [3.8, 4) is 11.8 Å². The van der Waals surface area contributed by atoms with E-state index in [0.29, 0.717) is 6.04 Å². The van der Waals surface area contributed by atoms with Crippen LogP contribution in [0.15, 0.2) is 24.3 Å². The maximum atomic E-state index is 8.48. The monoisotopic (exact) mass is 273 g/mol. The minimum absolute atomic E-state index is 0.0995. The fraction of sp³-hybridized carbons (Fsp3) is 0.562. The maximum Gasteiger partial charge on any atom is 0.174 e. The van der Waals surface area contributed by atoms with E-state index in [1.807, 2.05) is 30.3 Å². The van der Waals surface area contributed by atoms with Crippen molar-refractivity contribution in [2.75, 3.05) is 31.6 Å². The lowest BCUT2D eigenvalue weighted by Crippen LogP contribution is -2.26. The summed E-state index contributed by atoms with van der Waals surface area (Å²) in [6, 6.07) is 10.4. The zero-order valence-corrected chi connectivity index (χ0v) is 12.1. The van der Waals surface area contributed by atoms with E-state index in [2.05, 4.69) is 17.1 Å². The predicted molar refractivity (Wildman–Crippen MR) is 80.9 cm³/mol. The minimum atomic E-state index is 0.0995. The summed E-state index contributed by atoms with van der Waals surface area (Å²) in [4.78, 5) is 2.51. The van der Waals surface area contributed by atoms with Gasteiger partial charge in [-0.25, -0.2) is 0 Å². The van der Waals surface area contributed by atoms with E-state index >= 15 is 0 Å². The Kier molecular flexibility index (Phi) is 5.69. The molecule has 0 aromatic heterocycles. The zero-order chi connectivity index (χ0) is 14.2. The van der Waals surface area contributed by atoms with Gasteiger partial charge in [-0.05, 0) is 56.6 Å². The molecule has 108 valence electrons. The minimum Gasteiger partial charge on any atom is -0.479 e. The van der Waals surface area contributed by atoms with Gasteiger partial charge in [0.2, 0.25) is 0 Å². The molecule has 1 aromatic rings. The fourth-order valence-electron chi connectivity index (χ4n) is 2.62. The van der Waals surface area contributed by atoms with Crippen LogP contribution in [0.3, 0.4) is 0 Å². The topological polar surface area (TPSA) is 48.3 Å². The summed E-state index contributed by atoms with van der Waals surface area (Å²) in [5, 5.41) is 12.1. The van der Waals surface area contributed by atoms with Gasteiger partial charge in [-0.1, -0.05) is 6.92 Å². The van der Waals surface area contributed by atoms with Crippen molar-refractivity contribution in [1.29, 1.82) is 5.26 Å². The SMILES string of the molecule is CCN1CCCC(Nc2ccc(OCC#N)cc2)CC1. The quantitative estimate of drug-likeness (QED) is 0.896. The summed E-state index contributed by atoms with van der Waals surface area (Å²) in [5.41, 5.74) is 1.13. The summed E-state index contributed by atoms with van der Waals surface area (Å²) < 4.78 is 5.25. The number of nitriles is 1. The van der Waals surface area contributed by atoms with Crippen molar-refractivity contribution in [2.45, 2.75) is 32.2 Å². The lowest BCUT2D eigenvalue weighted by atomic mass is 10.1. The molecule has 0 aliphatic carbocycles. The van der Waals surface area contributed by atoms with Crippen LogP contribution in [-0.2, 0) is 0 Å². The molecule has 0 radical (unpaired) electrons. The van der Waals surface area contributed by atoms with Gasteiger partial charge in [-0.3, -0.25) is 0 Å². The first-order valence-corrected chi connectivity index (χ1v) is 7.40. The van der Waals surface area contributed by atoms with E-state index in [-0.39, 0.29) is 6.61 Å². The second kappa shape index (κ2) is 7.76. The van der Waals surface area contributed by atoms with Crippen LogP contribution in [0.25, 0.3) is 0 Å². The van der Waals surface area contributed by atoms with E-state index in [0.717, 1.165) is 18.0 Å². The largest absolute Gasteiger partial charge is 0.479 e. The average molecular weight is 273 g/mol. The Bertz CT molecular complexity index is 438. The van der Waals surface area contributed by atoms with Gasteiger partial charge in [0.1, 0.15) is 11.8 Å². The van der Waals surface area contributed by atoms with Crippen LogP contribution >= 0.6 is 0 Å². The molecule has 0 spiro atoms. The van der Waals surface area contributed by atoms with Gasteiger partial charge in [0.05, 0.1) is 0 Å². The summed E-state index contributed by atoms with van der Waals surface area (Å²) in [6.45, 7) is 5.88. The summed E-state index contributed by atoms with van der Waals surface area (Å²) >= 11 is 0. The molecule has 1 aromatic carbocycles. The Morgan fingerprint density at radius 2 is 2.10 bits per heavy atom. The van der Waals surface area contributed by atoms with Crippen molar-refractivity contribution >= 4 is 5.69 Å². The summed E-state index contributed by atoms with van der Waals surface area (Å²) in [7, 11) is 0. The molecule has 1 unspecified atom stereocenters. The number of hydrogen-bond donors (Lipinski definition) is 1. The van der Waals surface area contributed by atoms with Crippen LogP contribution < -0.4 is 10.1 Å². The van der Waals surface area contributed by atoms with Gasteiger partial charge in [0.25, 0.3) is 0 Å². The van der Waals surface area contributed by atoms with Gasteiger partial charge in [-0.2, -0.15) is 5.26 Å². The van der Waals surface area contributed by atoms with E-state index in [9.17, 15) is 0 Å². The number of rotatable bonds is 5. The van der Waals surface area contributed by atoms with Gasteiger partial charge in [0.15, 0.2) is 6.61 Å². The summed E-state index contributed by atoms with van der Waals surface area (Å²) in [5.74, 6) is 0.745. The highest BCUT2D eigenvalue weighted by Gasteiger charge is 2.15. The highest BCUT2D eigenvalue weighted by molar-refractivity contribution is 5.47. The first-order valence-electron chi connectivity index (χ1n) is 7.40. The van der Waals surface area contributed by atoms with Crippen LogP contribution in [0.4, 0.5) is 5.69 Å². The molecule has 0 amide bonds. The molecule has 2 rings (SSSR count). The van der Waals surface area contributed by atoms with Crippen molar-refractivity contribution < 1.29 is 4.74 Å². The third kappa shape index (κ3) is 4.43. The third-order valence-electron chi connectivity index (χ3n) is 3.80. The number of nitrogens with one attached hydrogen (secondary N) is 1. The number of likely N-dealkylation sites (tertiary alicyclic amines) is 1. The molecular formula is C16H23N3O. The highest BCUT2D eigenvalue weighted by atomic mass is 16.5. The molecular weight excluding hydrogens is 250 g/mol.